The second-order valence-electron chi connectivity index (χ2n) is 3.38. The summed E-state index contributed by atoms with van der Waals surface area (Å²) in [6, 6.07) is 15.0. The Bertz CT molecular complexity index is 420. The molecule has 0 amide bonds. The van der Waals surface area contributed by atoms with E-state index < -0.39 is 0 Å². The van der Waals surface area contributed by atoms with Crippen molar-refractivity contribution in [2.45, 2.75) is 6.42 Å². The lowest BCUT2D eigenvalue weighted by Crippen LogP contribution is -1.95. The van der Waals surface area contributed by atoms with E-state index in [1.165, 1.54) is 16.3 Å². The van der Waals surface area contributed by atoms with Gasteiger partial charge in [0.15, 0.2) is 0 Å². The molecule has 0 aliphatic carbocycles. The van der Waals surface area contributed by atoms with Crippen LogP contribution in [-0.2, 0) is 10.8 Å². The molecule has 0 unspecified atom stereocenters. The van der Waals surface area contributed by atoms with Gasteiger partial charge in [-0.15, -0.1) is 0 Å². The molecule has 0 atom stereocenters. The fraction of sp³-hybridized carbons (Fsp3) is 0.167. The molecule has 0 radical (unpaired) electrons. The van der Waals surface area contributed by atoms with Crippen LogP contribution in [0.1, 0.15) is 5.56 Å². The summed E-state index contributed by atoms with van der Waals surface area (Å²) in [7, 11) is 0.830. The molecule has 0 saturated heterocycles. The summed E-state index contributed by atoms with van der Waals surface area (Å²) in [4.78, 5) is 0. The monoisotopic (exact) mass is 202 g/mol. The van der Waals surface area contributed by atoms with Gasteiger partial charge >= 0.3 is 0 Å². The third kappa shape index (κ3) is 1.86. The number of benzene rings is 2. The smallest absolute Gasteiger partial charge is 0.145 e. The van der Waals surface area contributed by atoms with E-state index in [0.29, 0.717) is 0 Å². The minimum Gasteiger partial charge on any atom is -0.428 e. The summed E-state index contributed by atoms with van der Waals surface area (Å²) in [6.07, 6.45) is 1.02. The molecule has 1 nitrogen and oxygen atoms in total. The highest BCUT2D eigenvalue weighted by Crippen LogP contribution is 2.18. The van der Waals surface area contributed by atoms with Crippen molar-refractivity contribution in [2.75, 3.05) is 6.61 Å². The van der Waals surface area contributed by atoms with Gasteiger partial charge in [0, 0.05) is 6.61 Å². The molecule has 0 N–H and O–H groups in total. The van der Waals surface area contributed by atoms with Gasteiger partial charge < -0.3 is 4.43 Å². The minimum atomic E-state index is 0.830. The van der Waals surface area contributed by atoms with Crippen molar-refractivity contribution < 1.29 is 4.43 Å². The maximum absolute atomic E-state index is 5.23. The van der Waals surface area contributed by atoms with Gasteiger partial charge in [-0.3, -0.25) is 0 Å². The van der Waals surface area contributed by atoms with E-state index in [2.05, 4.69) is 42.5 Å². The normalized spacial score (nSPS) is 10.9. The van der Waals surface area contributed by atoms with Gasteiger partial charge in [0.25, 0.3) is 0 Å². The zero-order valence-electron chi connectivity index (χ0n) is 8.36. The molecule has 0 aliphatic rings. The molecule has 0 heterocycles. The van der Waals surface area contributed by atoms with E-state index >= 15 is 0 Å². The first-order chi connectivity index (χ1) is 6.92. The van der Waals surface area contributed by atoms with Crippen molar-refractivity contribution in [2.24, 2.45) is 0 Å². The Morgan fingerprint density at radius 3 is 2.64 bits per heavy atom. The van der Waals surface area contributed by atoms with Gasteiger partial charge in [-0.2, -0.15) is 0 Å². The molecule has 0 bridgehead atoms. The molecular weight excluding hydrogens is 188 g/mol. The summed E-state index contributed by atoms with van der Waals surface area (Å²) in [5.41, 5.74) is 1.39. The molecule has 0 spiro atoms. The van der Waals surface area contributed by atoms with E-state index in [-0.39, 0.29) is 0 Å². The van der Waals surface area contributed by atoms with E-state index in [0.717, 1.165) is 23.5 Å². The topological polar surface area (TPSA) is 9.23 Å². The second-order valence-corrected chi connectivity index (χ2v) is 3.96. The maximum Gasteiger partial charge on any atom is 0.145 e. The van der Waals surface area contributed by atoms with E-state index in [1.54, 1.807) is 0 Å². The highest BCUT2D eigenvalue weighted by atomic mass is 28.2. The van der Waals surface area contributed by atoms with Gasteiger partial charge in [0.1, 0.15) is 10.5 Å². The Morgan fingerprint density at radius 1 is 1.00 bits per heavy atom. The Balaban J connectivity index is 2.43. The number of rotatable bonds is 3. The third-order valence-corrected chi connectivity index (χ3v) is 2.86. The van der Waals surface area contributed by atoms with Crippen LogP contribution < -0.4 is 0 Å². The quantitative estimate of drug-likeness (QED) is 0.688. The second kappa shape index (κ2) is 4.40. The average molecular weight is 202 g/mol. The maximum atomic E-state index is 5.23. The molecule has 0 aromatic heterocycles. The van der Waals surface area contributed by atoms with Crippen molar-refractivity contribution in [1.82, 2.24) is 0 Å². The minimum absolute atomic E-state index is 0.830. The van der Waals surface area contributed by atoms with Crippen molar-refractivity contribution in [1.29, 1.82) is 0 Å². The number of hydrogen-bond donors (Lipinski definition) is 0. The molecule has 2 aromatic rings. The van der Waals surface area contributed by atoms with E-state index in [9.17, 15) is 0 Å². The summed E-state index contributed by atoms with van der Waals surface area (Å²) in [5.74, 6) is 0. The Morgan fingerprint density at radius 2 is 1.79 bits per heavy atom. The van der Waals surface area contributed by atoms with Crippen molar-refractivity contribution in [3.8, 4) is 0 Å². The largest absolute Gasteiger partial charge is 0.428 e. The predicted octanol–water partition coefficient (Wildman–Crippen LogP) is 1.68. The zero-order valence-corrected chi connectivity index (χ0v) is 10.4. The van der Waals surface area contributed by atoms with Crippen molar-refractivity contribution in [3.63, 3.8) is 0 Å². The van der Waals surface area contributed by atoms with Crippen LogP contribution in [0, 0.1) is 0 Å². The van der Waals surface area contributed by atoms with Crippen LogP contribution in [0.5, 0.6) is 0 Å². The molecule has 2 heteroatoms. The summed E-state index contributed by atoms with van der Waals surface area (Å²) in [6.45, 7) is 0.847. The van der Waals surface area contributed by atoms with Crippen LogP contribution in [0.25, 0.3) is 10.8 Å². The number of hydrogen-bond acceptors (Lipinski definition) is 1. The molecule has 0 fully saturated rings. The molecule has 2 aromatic carbocycles. The highest BCUT2D eigenvalue weighted by Gasteiger charge is 1.98. The van der Waals surface area contributed by atoms with Crippen molar-refractivity contribution >= 4 is 21.3 Å². The summed E-state index contributed by atoms with van der Waals surface area (Å²) < 4.78 is 5.23. The van der Waals surface area contributed by atoms with Gasteiger partial charge in [0.2, 0.25) is 0 Å². The molecule has 0 saturated carbocycles. The Hall–Kier alpha value is -1.12. The van der Waals surface area contributed by atoms with Crippen LogP contribution in [0.2, 0.25) is 0 Å². The van der Waals surface area contributed by atoms with Crippen molar-refractivity contribution in [3.05, 3.63) is 48.0 Å². The molecule has 2 rings (SSSR count). The SMILES string of the molecule is [SiH3]OCCc1cccc2ccccc12. The van der Waals surface area contributed by atoms with Crippen LogP contribution in [0.15, 0.2) is 42.5 Å². The summed E-state index contributed by atoms with van der Waals surface area (Å²) >= 11 is 0. The van der Waals surface area contributed by atoms with Gasteiger partial charge in [-0.05, 0) is 22.8 Å². The molecular formula is C12H14OSi. The average Bonchev–Trinajstić information content (AvgIpc) is 2.26. The predicted molar refractivity (Wildman–Crippen MR) is 63.5 cm³/mol. The number of fused-ring (bicyclic) bond motifs is 1. The highest BCUT2D eigenvalue weighted by molar-refractivity contribution is 5.98. The Labute approximate surface area is 87.3 Å². The lowest BCUT2D eigenvalue weighted by molar-refractivity contribution is 0.355. The first kappa shape index (κ1) is 9.43. The standard InChI is InChI=1S/C12H14OSi/c14-13-9-8-11-6-3-5-10-4-1-2-7-12(10)11/h1-7H,8-9H2,14H3. The lowest BCUT2D eigenvalue weighted by Gasteiger charge is -2.05. The van der Waals surface area contributed by atoms with Crippen LogP contribution in [0.3, 0.4) is 0 Å². The Kier molecular flexibility index (Phi) is 2.96. The van der Waals surface area contributed by atoms with Crippen LogP contribution >= 0.6 is 0 Å². The van der Waals surface area contributed by atoms with E-state index in [4.69, 9.17) is 4.43 Å². The fourth-order valence-corrected chi connectivity index (χ4v) is 1.93. The molecule has 14 heavy (non-hydrogen) atoms. The van der Waals surface area contributed by atoms with Gasteiger partial charge in [-0.1, -0.05) is 42.5 Å². The van der Waals surface area contributed by atoms with Gasteiger partial charge in [-0.25, -0.2) is 0 Å². The first-order valence-corrected chi connectivity index (χ1v) is 5.69. The zero-order chi connectivity index (χ0) is 9.80. The van der Waals surface area contributed by atoms with Crippen LogP contribution in [0.4, 0.5) is 0 Å². The fourth-order valence-electron chi connectivity index (χ4n) is 1.72. The van der Waals surface area contributed by atoms with E-state index in [1.807, 2.05) is 0 Å². The molecule has 72 valence electrons. The lowest BCUT2D eigenvalue weighted by atomic mass is 10.0. The van der Waals surface area contributed by atoms with Crippen LogP contribution in [-0.4, -0.2) is 17.1 Å². The molecule has 0 aliphatic heterocycles. The van der Waals surface area contributed by atoms with Gasteiger partial charge in [0.05, 0.1) is 0 Å². The third-order valence-electron chi connectivity index (χ3n) is 2.46. The summed E-state index contributed by atoms with van der Waals surface area (Å²) in [5, 5.41) is 2.67. The first-order valence-electron chi connectivity index (χ1n) is 4.87.